The predicted molar refractivity (Wildman–Crippen MR) is 87.3 cm³/mol. The second kappa shape index (κ2) is 5.48. The van der Waals surface area contributed by atoms with Crippen molar-refractivity contribution in [2.24, 2.45) is 0 Å². The molecule has 0 bridgehead atoms. The Morgan fingerprint density at radius 2 is 1.45 bits per heavy atom. The van der Waals surface area contributed by atoms with Gasteiger partial charge in [-0.3, -0.25) is 0 Å². The lowest BCUT2D eigenvalue weighted by molar-refractivity contribution is 0.447. The Balaban J connectivity index is 2.71. The molecule has 0 fully saturated rings. The first kappa shape index (κ1) is 15.5. The maximum atomic E-state index is 10.1. The van der Waals surface area contributed by atoms with Crippen molar-refractivity contribution in [1.29, 1.82) is 0 Å². The van der Waals surface area contributed by atoms with E-state index in [1.165, 1.54) is 0 Å². The van der Waals surface area contributed by atoms with Gasteiger partial charge in [-0.05, 0) is 41.3 Å². The van der Waals surface area contributed by atoms with Gasteiger partial charge in [0.1, 0.15) is 5.75 Å². The molecule has 0 atom stereocenters. The zero-order valence-electron chi connectivity index (χ0n) is 11.5. The normalized spacial score (nSPS) is 11.7. The number of phenolic OH excluding ortho intramolecular Hbond substituents is 1. The molecule has 0 heterocycles. The minimum absolute atomic E-state index is 0.185. The van der Waals surface area contributed by atoms with Crippen molar-refractivity contribution in [2.45, 2.75) is 26.2 Å². The van der Waals surface area contributed by atoms with Gasteiger partial charge in [0.25, 0.3) is 0 Å². The summed E-state index contributed by atoms with van der Waals surface area (Å²) in [5, 5.41) is 11.7. The van der Waals surface area contributed by atoms with Crippen molar-refractivity contribution >= 4 is 34.8 Å². The second-order valence-corrected chi connectivity index (χ2v) is 6.97. The lowest BCUT2D eigenvalue weighted by Gasteiger charge is -2.22. The standard InChI is InChI=1S/C16H15Cl3O/c1-16(2,3)12-7-11(14(19)8-15(12)20)10-6-9(17)4-5-13(10)18/h4-8,20H,1-3H3. The zero-order valence-corrected chi connectivity index (χ0v) is 13.7. The SMILES string of the molecule is CC(C)(C)c1cc(-c2cc(Cl)ccc2Cl)c(Cl)cc1O. The topological polar surface area (TPSA) is 20.2 Å². The zero-order chi connectivity index (χ0) is 15.1. The molecule has 0 radical (unpaired) electrons. The Hall–Kier alpha value is -0.890. The van der Waals surface area contributed by atoms with Gasteiger partial charge in [0.15, 0.2) is 0 Å². The fourth-order valence-corrected chi connectivity index (χ4v) is 2.72. The summed E-state index contributed by atoms with van der Waals surface area (Å²) in [7, 11) is 0. The van der Waals surface area contributed by atoms with E-state index in [4.69, 9.17) is 34.8 Å². The van der Waals surface area contributed by atoms with Gasteiger partial charge in [-0.25, -0.2) is 0 Å². The molecule has 0 aliphatic carbocycles. The number of benzene rings is 2. The quantitative estimate of drug-likeness (QED) is 0.649. The van der Waals surface area contributed by atoms with Crippen LogP contribution in [0.15, 0.2) is 30.3 Å². The number of hydrogen-bond acceptors (Lipinski definition) is 1. The van der Waals surface area contributed by atoms with E-state index >= 15 is 0 Å². The summed E-state index contributed by atoms with van der Waals surface area (Å²) in [6, 6.07) is 8.66. The number of phenols is 1. The molecular formula is C16H15Cl3O. The van der Waals surface area contributed by atoms with E-state index in [0.29, 0.717) is 15.1 Å². The average molecular weight is 330 g/mol. The maximum absolute atomic E-state index is 10.1. The molecule has 2 rings (SSSR count). The molecular weight excluding hydrogens is 315 g/mol. The van der Waals surface area contributed by atoms with Gasteiger partial charge in [0, 0.05) is 21.2 Å². The highest BCUT2D eigenvalue weighted by Gasteiger charge is 2.21. The van der Waals surface area contributed by atoms with Gasteiger partial charge in [-0.1, -0.05) is 55.6 Å². The third-order valence-electron chi connectivity index (χ3n) is 3.11. The molecule has 1 N–H and O–H groups in total. The highest BCUT2D eigenvalue weighted by Crippen LogP contribution is 2.41. The molecule has 2 aromatic carbocycles. The van der Waals surface area contributed by atoms with Crippen LogP contribution in [-0.4, -0.2) is 5.11 Å². The molecule has 0 amide bonds. The predicted octanol–water partition coefficient (Wildman–Crippen LogP) is 6.32. The van der Waals surface area contributed by atoms with Crippen molar-refractivity contribution in [3.63, 3.8) is 0 Å². The van der Waals surface area contributed by atoms with Crippen LogP contribution in [0.2, 0.25) is 15.1 Å². The van der Waals surface area contributed by atoms with Crippen LogP contribution in [0.3, 0.4) is 0 Å². The summed E-state index contributed by atoms with van der Waals surface area (Å²) in [4.78, 5) is 0. The summed E-state index contributed by atoms with van der Waals surface area (Å²) in [5.74, 6) is 0.185. The lowest BCUT2D eigenvalue weighted by atomic mass is 9.84. The number of hydrogen-bond donors (Lipinski definition) is 1. The maximum Gasteiger partial charge on any atom is 0.120 e. The van der Waals surface area contributed by atoms with E-state index in [0.717, 1.165) is 16.7 Å². The first-order chi connectivity index (χ1) is 9.20. The Labute approximate surface area is 134 Å². The van der Waals surface area contributed by atoms with Crippen LogP contribution in [0.1, 0.15) is 26.3 Å². The summed E-state index contributed by atoms with van der Waals surface area (Å²) in [5.41, 5.74) is 2.14. The van der Waals surface area contributed by atoms with Crippen LogP contribution in [0, 0.1) is 0 Å². The van der Waals surface area contributed by atoms with Crippen LogP contribution in [0.25, 0.3) is 11.1 Å². The van der Waals surface area contributed by atoms with Gasteiger partial charge in [0.2, 0.25) is 0 Å². The molecule has 20 heavy (non-hydrogen) atoms. The molecule has 0 saturated heterocycles. The molecule has 0 unspecified atom stereocenters. The van der Waals surface area contributed by atoms with E-state index in [9.17, 15) is 5.11 Å². The highest BCUT2D eigenvalue weighted by molar-refractivity contribution is 6.37. The number of rotatable bonds is 1. The first-order valence-corrected chi connectivity index (χ1v) is 7.32. The van der Waals surface area contributed by atoms with Crippen LogP contribution < -0.4 is 0 Å². The molecule has 0 aromatic heterocycles. The van der Waals surface area contributed by atoms with E-state index in [1.807, 2.05) is 26.8 Å². The van der Waals surface area contributed by atoms with Gasteiger partial charge in [0.05, 0.1) is 5.02 Å². The number of aromatic hydroxyl groups is 1. The fraction of sp³-hybridized carbons (Fsp3) is 0.250. The molecule has 4 heteroatoms. The van der Waals surface area contributed by atoms with Crippen LogP contribution in [-0.2, 0) is 5.41 Å². The molecule has 1 nitrogen and oxygen atoms in total. The van der Waals surface area contributed by atoms with Crippen LogP contribution >= 0.6 is 34.8 Å². The molecule has 0 saturated carbocycles. The summed E-state index contributed by atoms with van der Waals surface area (Å²) >= 11 is 18.5. The van der Waals surface area contributed by atoms with E-state index in [2.05, 4.69) is 0 Å². The minimum Gasteiger partial charge on any atom is -0.508 e. The smallest absolute Gasteiger partial charge is 0.120 e. The third-order valence-corrected chi connectivity index (χ3v) is 3.99. The van der Waals surface area contributed by atoms with E-state index in [1.54, 1.807) is 24.3 Å². The monoisotopic (exact) mass is 328 g/mol. The van der Waals surface area contributed by atoms with Gasteiger partial charge >= 0.3 is 0 Å². The molecule has 0 spiro atoms. The minimum atomic E-state index is -0.200. The fourth-order valence-electron chi connectivity index (χ4n) is 2.07. The number of halogens is 3. The Morgan fingerprint density at radius 3 is 2.05 bits per heavy atom. The molecule has 0 aliphatic heterocycles. The van der Waals surface area contributed by atoms with Crippen molar-refractivity contribution < 1.29 is 5.11 Å². The summed E-state index contributed by atoms with van der Waals surface area (Å²) < 4.78 is 0. The molecule has 106 valence electrons. The Bertz CT molecular complexity index is 658. The Morgan fingerprint density at radius 1 is 0.850 bits per heavy atom. The van der Waals surface area contributed by atoms with Crippen LogP contribution in [0.5, 0.6) is 5.75 Å². The lowest BCUT2D eigenvalue weighted by Crippen LogP contribution is -2.11. The van der Waals surface area contributed by atoms with Crippen molar-refractivity contribution in [2.75, 3.05) is 0 Å². The largest absolute Gasteiger partial charge is 0.508 e. The average Bonchev–Trinajstić information content (AvgIpc) is 2.31. The summed E-state index contributed by atoms with van der Waals surface area (Å²) in [6.45, 7) is 6.08. The van der Waals surface area contributed by atoms with Gasteiger partial charge in [-0.15, -0.1) is 0 Å². The van der Waals surface area contributed by atoms with Crippen molar-refractivity contribution in [3.8, 4) is 16.9 Å². The first-order valence-electron chi connectivity index (χ1n) is 6.18. The van der Waals surface area contributed by atoms with Gasteiger partial charge in [-0.2, -0.15) is 0 Å². The third kappa shape index (κ3) is 3.06. The van der Waals surface area contributed by atoms with Crippen molar-refractivity contribution in [3.05, 3.63) is 51.0 Å². The summed E-state index contributed by atoms with van der Waals surface area (Å²) in [6.07, 6.45) is 0. The van der Waals surface area contributed by atoms with Gasteiger partial charge < -0.3 is 5.11 Å². The van der Waals surface area contributed by atoms with Crippen molar-refractivity contribution in [1.82, 2.24) is 0 Å². The Kier molecular flexibility index (Phi) is 4.24. The highest BCUT2D eigenvalue weighted by atomic mass is 35.5. The second-order valence-electron chi connectivity index (χ2n) is 5.72. The van der Waals surface area contributed by atoms with E-state index < -0.39 is 0 Å². The van der Waals surface area contributed by atoms with E-state index in [-0.39, 0.29) is 11.2 Å². The van der Waals surface area contributed by atoms with Crippen LogP contribution in [0.4, 0.5) is 0 Å². The molecule has 2 aromatic rings. The molecule has 0 aliphatic rings.